The van der Waals surface area contributed by atoms with Gasteiger partial charge in [-0.25, -0.2) is 14.5 Å². The van der Waals surface area contributed by atoms with E-state index < -0.39 is 0 Å². The molecule has 2 fully saturated rings. The Morgan fingerprint density at radius 1 is 1.20 bits per heavy atom. The minimum absolute atomic E-state index is 0.189. The largest absolute Gasteiger partial charge is 0.347 e. The molecule has 0 atom stereocenters. The van der Waals surface area contributed by atoms with E-state index in [1.165, 1.54) is 0 Å². The maximum atomic E-state index is 12.2. The highest BCUT2D eigenvalue weighted by molar-refractivity contribution is 5.81. The van der Waals surface area contributed by atoms with Gasteiger partial charge < -0.3 is 4.90 Å². The molecule has 6 heteroatoms. The van der Waals surface area contributed by atoms with Crippen LogP contribution in [0.25, 0.3) is 5.69 Å². The summed E-state index contributed by atoms with van der Waals surface area (Å²) in [6.45, 7) is 3.67. The van der Waals surface area contributed by atoms with Crippen molar-refractivity contribution < 1.29 is 4.79 Å². The predicted octanol–water partition coefficient (Wildman–Crippen LogP) is 2.06. The molecule has 1 aromatic heterocycles. The normalized spacial score (nSPS) is 18.5. The van der Waals surface area contributed by atoms with E-state index >= 15 is 0 Å². The zero-order valence-electron chi connectivity index (χ0n) is 14.6. The molecular weight excluding hydrogens is 316 g/mol. The molecule has 6 nitrogen and oxygen atoms in total. The number of benzene rings is 1. The molecule has 0 radical (unpaired) electrons. The van der Waals surface area contributed by atoms with Crippen LogP contribution in [0.5, 0.6) is 0 Å². The molecule has 0 bridgehead atoms. The highest BCUT2D eigenvalue weighted by Crippen LogP contribution is 2.32. The fourth-order valence-corrected chi connectivity index (χ4v) is 3.73. The van der Waals surface area contributed by atoms with Gasteiger partial charge in [0.25, 0.3) is 0 Å². The molecule has 4 rings (SSSR count). The van der Waals surface area contributed by atoms with Gasteiger partial charge in [-0.15, -0.1) is 0 Å². The Morgan fingerprint density at radius 3 is 2.60 bits per heavy atom. The van der Waals surface area contributed by atoms with Crippen LogP contribution >= 0.6 is 0 Å². The summed E-state index contributed by atoms with van der Waals surface area (Å²) >= 11 is 0. The van der Waals surface area contributed by atoms with Gasteiger partial charge in [0.15, 0.2) is 0 Å². The second kappa shape index (κ2) is 6.50. The summed E-state index contributed by atoms with van der Waals surface area (Å²) in [6, 6.07) is 7.86. The average molecular weight is 340 g/mol. The lowest BCUT2D eigenvalue weighted by Gasteiger charge is -2.32. The van der Waals surface area contributed by atoms with Crippen molar-refractivity contribution in [2.24, 2.45) is 11.8 Å². The summed E-state index contributed by atoms with van der Waals surface area (Å²) in [5, 5.41) is 6.86. The topological polar surface area (TPSA) is 71.0 Å². The zero-order chi connectivity index (χ0) is 17.4. The van der Waals surface area contributed by atoms with Gasteiger partial charge >= 0.3 is 5.69 Å². The van der Waals surface area contributed by atoms with Crippen LogP contribution < -0.4 is 5.69 Å². The minimum atomic E-state index is -0.189. The van der Waals surface area contributed by atoms with Crippen molar-refractivity contribution in [1.82, 2.24) is 19.7 Å². The summed E-state index contributed by atoms with van der Waals surface area (Å²) in [5.41, 5.74) is 1.75. The van der Waals surface area contributed by atoms with Crippen LogP contribution in [0.4, 0.5) is 0 Å². The Hall–Kier alpha value is -2.37. The van der Waals surface area contributed by atoms with Gasteiger partial charge in [0.05, 0.1) is 5.69 Å². The summed E-state index contributed by atoms with van der Waals surface area (Å²) in [7, 11) is 0. The third kappa shape index (κ3) is 3.25. The maximum Gasteiger partial charge on any atom is 0.347 e. The van der Waals surface area contributed by atoms with Crippen LogP contribution in [0.3, 0.4) is 0 Å². The highest BCUT2D eigenvalue weighted by Gasteiger charge is 2.35. The number of hydrogen-bond donors (Lipinski definition) is 1. The second-order valence-corrected chi connectivity index (χ2v) is 7.31. The molecule has 0 unspecified atom stereocenters. The Morgan fingerprint density at radius 2 is 1.92 bits per heavy atom. The van der Waals surface area contributed by atoms with Gasteiger partial charge in [-0.1, -0.05) is 18.2 Å². The molecule has 1 saturated heterocycles. The number of hydrogen-bond acceptors (Lipinski definition) is 3. The highest BCUT2D eigenvalue weighted by atomic mass is 16.2. The first-order valence-corrected chi connectivity index (χ1v) is 9.14. The van der Waals surface area contributed by atoms with E-state index in [1.807, 2.05) is 36.1 Å². The van der Waals surface area contributed by atoms with Crippen LogP contribution in [0.15, 0.2) is 29.1 Å². The number of rotatable bonds is 4. The first-order chi connectivity index (χ1) is 12.1. The zero-order valence-corrected chi connectivity index (χ0v) is 14.6. The Labute approximate surface area is 146 Å². The molecule has 2 aromatic rings. The van der Waals surface area contributed by atoms with Crippen molar-refractivity contribution in [2.45, 2.75) is 39.0 Å². The van der Waals surface area contributed by atoms with Gasteiger partial charge in [-0.3, -0.25) is 4.79 Å². The summed E-state index contributed by atoms with van der Waals surface area (Å²) in [5.74, 6) is 1.89. The Bertz CT molecular complexity index is 826. The van der Waals surface area contributed by atoms with Crippen LogP contribution in [-0.4, -0.2) is 38.7 Å². The fourth-order valence-electron chi connectivity index (χ4n) is 3.73. The van der Waals surface area contributed by atoms with Crippen molar-refractivity contribution in [3.05, 3.63) is 46.1 Å². The van der Waals surface area contributed by atoms with Gasteiger partial charge in [0.1, 0.15) is 5.82 Å². The molecule has 2 aliphatic rings. The van der Waals surface area contributed by atoms with Crippen molar-refractivity contribution >= 4 is 5.91 Å². The summed E-state index contributed by atoms with van der Waals surface area (Å²) < 4.78 is 1.69. The predicted molar refractivity (Wildman–Crippen MR) is 94.7 cm³/mol. The van der Waals surface area contributed by atoms with Gasteiger partial charge in [-0.05, 0) is 50.2 Å². The van der Waals surface area contributed by atoms with E-state index in [2.05, 4.69) is 10.2 Å². The molecule has 1 aromatic carbocycles. The number of likely N-dealkylation sites (tertiary alicyclic amines) is 1. The van der Waals surface area contributed by atoms with Crippen molar-refractivity contribution in [2.75, 3.05) is 13.1 Å². The summed E-state index contributed by atoms with van der Waals surface area (Å²) in [6.07, 6.45) is 4.85. The lowest BCUT2D eigenvalue weighted by Crippen LogP contribution is -2.39. The molecule has 1 saturated carbocycles. The second-order valence-electron chi connectivity index (χ2n) is 7.31. The van der Waals surface area contributed by atoms with Crippen LogP contribution in [0, 0.1) is 18.8 Å². The number of amides is 1. The lowest BCUT2D eigenvalue weighted by atomic mass is 9.93. The van der Waals surface area contributed by atoms with E-state index in [4.69, 9.17) is 0 Å². The molecule has 1 N–H and O–H groups in total. The number of carbonyl (C=O) groups is 1. The third-order valence-electron chi connectivity index (χ3n) is 5.42. The van der Waals surface area contributed by atoms with E-state index in [1.54, 1.807) is 4.57 Å². The molecule has 132 valence electrons. The van der Waals surface area contributed by atoms with E-state index in [9.17, 15) is 9.59 Å². The number of aromatic nitrogens is 3. The van der Waals surface area contributed by atoms with Crippen LogP contribution in [0.1, 0.15) is 37.1 Å². The molecule has 1 amide bonds. The van der Waals surface area contributed by atoms with Crippen LogP contribution in [0.2, 0.25) is 0 Å². The van der Waals surface area contributed by atoms with Crippen molar-refractivity contribution in [1.29, 1.82) is 0 Å². The molecular formula is C19H24N4O2. The first-order valence-electron chi connectivity index (χ1n) is 9.14. The van der Waals surface area contributed by atoms with Crippen LogP contribution in [-0.2, 0) is 11.2 Å². The molecule has 25 heavy (non-hydrogen) atoms. The maximum absolute atomic E-state index is 12.2. The van der Waals surface area contributed by atoms with Gasteiger partial charge in [-0.2, -0.15) is 5.10 Å². The average Bonchev–Trinajstić information content (AvgIpc) is 3.41. The molecule has 2 heterocycles. The first kappa shape index (κ1) is 16.1. The monoisotopic (exact) mass is 340 g/mol. The Balaban J connectivity index is 1.47. The van der Waals surface area contributed by atoms with Gasteiger partial charge in [0, 0.05) is 25.4 Å². The number of nitrogens with zero attached hydrogens (tertiary/aromatic N) is 3. The smallest absolute Gasteiger partial charge is 0.342 e. The standard InChI is InChI=1S/C19H24N4O2/c1-13-4-2-3-5-16(13)23-17(20-21-19(23)25)12-14-8-10-22(11-9-14)18(24)15-6-7-15/h2-5,14-15H,6-12H2,1H3,(H,21,25). The lowest BCUT2D eigenvalue weighted by molar-refractivity contribution is -0.133. The van der Waals surface area contributed by atoms with E-state index in [0.717, 1.165) is 62.3 Å². The molecule has 1 aliphatic heterocycles. The third-order valence-corrected chi connectivity index (χ3v) is 5.42. The SMILES string of the molecule is Cc1ccccc1-n1c(CC2CCN(C(=O)C3CC3)CC2)n[nH]c1=O. The molecule has 1 aliphatic carbocycles. The fraction of sp³-hybridized carbons (Fsp3) is 0.526. The Kier molecular flexibility index (Phi) is 4.19. The number of carbonyl (C=O) groups excluding carboxylic acids is 1. The number of aromatic amines is 1. The number of para-hydroxylation sites is 1. The number of aryl methyl sites for hydroxylation is 1. The number of nitrogens with one attached hydrogen (secondary N) is 1. The quantitative estimate of drug-likeness (QED) is 0.926. The van der Waals surface area contributed by atoms with Gasteiger partial charge in [0.2, 0.25) is 5.91 Å². The van der Waals surface area contributed by atoms with Crippen molar-refractivity contribution in [3.8, 4) is 5.69 Å². The summed E-state index contributed by atoms with van der Waals surface area (Å²) in [4.78, 5) is 26.4. The minimum Gasteiger partial charge on any atom is -0.342 e. The van der Waals surface area contributed by atoms with Crippen molar-refractivity contribution in [3.63, 3.8) is 0 Å². The van der Waals surface area contributed by atoms with E-state index in [0.29, 0.717) is 17.7 Å². The van der Waals surface area contributed by atoms with E-state index in [-0.39, 0.29) is 5.69 Å². The number of piperidine rings is 1. The molecule has 0 spiro atoms. The number of H-pyrrole nitrogens is 1.